The minimum atomic E-state index is -0.605. The molecule has 3 N–H and O–H groups in total. The first-order valence-corrected chi connectivity index (χ1v) is 12.0. The van der Waals surface area contributed by atoms with Crippen LogP contribution >= 0.6 is 0 Å². The number of hydrogen-bond acceptors (Lipinski definition) is 5. The largest absolute Gasteiger partial charge is 0.395 e. The van der Waals surface area contributed by atoms with E-state index in [1.165, 1.54) is 57.8 Å². The molecule has 0 aliphatic rings. The van der Waals surface area contributed by atoms with Crippen LogP contribution in [0, 0.1) is 0 Å². The number of nitrogens with zero attached hydrogens (tertiary/aromatic N) is 1. The summed E-state index contributed by atoms with van der Waals surface area (Å²) in [5.74, 6) is 0.00651. The maximum Gasteiger partial charge on any atom is 0.152 e. The Hall–Kier alpha value is -0.750. The Morgan fingerprint density at radius 3 is 1.72 bits per heavy atom. The molecular formula is C24H47NO4. The Morgan fingerprint density at radius 2 is 1.24 bits per heavy atom. The van der Waals surface area contributed by atoms with Crippen LogP contribution in [0.1, 0.15) is 96.8 Å². The molecule has 0 aromatic carbocycles. The fourth-order valence-corrected chi connectivity index (χ4v) is 3.64. The van der Waals surface area contributed by atoms with Gasteiger partial charge in [0.15, 0.2) is 5.78 Å². The SMILES string of the molecule is CCCCCCCC/C=C\CCCCCCCC(=O)C(CO)N(CCO)CCO. The first-order chi connectivity index (χ1) is 14.2. The van der Waals surface area contributed by atoms with Crippen LogP contribution in [0.15, 0.2) is 12.2 Å². The number of carbonyl (C=O) groups excluding carboxylic acids is 1. The van der Waals surface area contributed by atoms with Gasteiger partial charge in [0.25, 0.3) is 0 Å². The van der Waals surface area contributed by atoms with E-state index in [2.05, 4.69) is 19.1 Å². The molecule has 0 radical (unpaired) electrons. The van der Waals surface area contributed by atoms with Crippen LogP contribution in [-0.4, -0.2) is 65.0 Å². The summed E-state index contributed by atoms with van der Waals surface area (Å²) < 4.78 is 0. The summed E-state index contributed by atoms with van der Waals surface area (Å²) in [7, 11) is 0. The molecule has 0 aliphatic heterocycles. The minimum absolute atomic E-state index is 0.00651. The molecule has 5 nitrogen and oxygen atoms in total. The zero-order valence-corrected chi connectivity index (χ0v) is 18.9. The van der Waals surface area contributed by atoms with Gasteiger partial charge in [-0.15, -0.1) is 0 Å². The molecular weight excluding hydrogens is 366 g/mol. The average Bonchev–Trinajstić information content (AvgIpc) is 2.71. The Bertz CT molecular complexity index is 381. The molecule has 0 saturated carbocycles. The van der Waals surface area contributed by atoms with Gasteiger partial charge in [0.05, 0.1) is 25.9 Å². The van der Waals surface area contributed by atoms with Crippen LogP contribution in [0.5, 0.6) is 0 Å². The zero-order valence-electron chi connectivity index (χ0n) is 18.9. The predicted molar refractivity (Wildman–Crippen MR) is 121 cm³/mol. The molecule has 0 rings (SSSR count). The molecule has 0 amide bonds. The van der Waals surface area contributed by atoms with Gasteiger partial charge in [0.2, 0.25) is 0 Å². The Kier molecular flexibility index (Phi) is 21.4. The van der Waals surface area contributed by atoms with Gasteiger partial charge < -0.3 is 15.3 Å². The summed E-state index contributed by atoms with van der Waals surface area (Å²) in [4.78, 5) is 14.0. The summed E-state index contributed by atoms with van der Waals surface area (Å²) in [5, 5.41) is 27.7. The van der Waals surface area contributed by atoms with Gasteiger partial charge in [-0.1, -0.05) is 70.4 Å². The molecule has 0 heterocycles. The highest BCUT2D eigenvalue weighted by Crippen LogP contribution is 2.12. The normalized spacial score (nSPS) is 12.9. The number of aliphatic hydroxyl groups excluding tert-OH is 3. The summed E-state index contributed by atoms with van der Waals surface area (Å²) in [6.45, 7) is 2.41. The van der Waals surface area contributed by atoms with Crippen LogP contribution < -0.4 is 0 Å². The molecule has 1 atom stereocenters. The van der Waals surface area contributed by atoms with Crippen LogP contribution in [0.3, 0.4) is 0 Å². The van der Waals surface area contributed by atoms with Crippen molar-refractivity contribution in [1.82, 2.24) is 4.90 Å². The van der Waals surface area contributed by atoms with Gasteiger partial charge >= 0.3 is 0 Å². The van der Waals surface area contributed by atoms with Gasteiger partial charge in [-0.2, -0.15) is 0 Å². The minimum Gasteiger partial charge on any atom is -0.395 e. The van der Waals surface area contributed by atoms with E-state index >= 15 is 0 Å². The maximum atomic E-state index is 12.3. The highest BCUT2D eigenvalue weighted by atomic mass is 16.3. The second-order valence-corrected chi connectivity index (χ2v) is 7.98. The monoisotopic (exact) mass is 413 g/mol. The number of carbonyl (C=O) groups is 1. The van der Waals surface area contributed by atoms with Crippen molar-refractivity contribution in [3.63, 3.8) is 0 Å². The van der Waals surface area contributed by atoms with E-state index in [4.69, 9.17) is 10.2 Å². The third-order valence-corrected chi connectivity index (χ3v) is 5.44. The maximum absolute atomic E-state index is 12.3. The van der Waals surface area contributed by atoms with Gasteiger partial charge in [0, 0.05) is 19.5 Å². The molecule has 0 aromatic heterocycles. The summed E-state index contributed by atoms with van der Waals surface area (Å²) in [5.41, 5.74) is 0. The smallest absolute Gasteiger partial charge is 0.152 e. The molecule has 0 spiro atoms. The van der Waals surface area contributed by atoms with E-state index in [0.29, 0.717) is 19.5 Å². The molecule has 5 heteroatoms. The lowest BCUT2D eigenvalue weighted by Crippen LogP contribution is -2.46. The third kappa shape index (κ3) is 16.7. The van der Waals surface area contributed by atoms with Crippen molar-refractivity contribution in [2.75, 3.05) is 32.9 Å². The number of hydrogen-bond donors (Lipinski definition) is 3. The van der Waals surface area contributed by atoms with E-state index in [0.717, 1.165) is 25.7 Å². The predicted octanol–water partition coefficient (Wildman–Crippen LogP) is 4.24. The van der Waals surface area contributed by atoms with Gasteiger partial charge in [-0.3, -0.25) is 9.69 Å². The lowest BCUT2D eigenvalue weighted by molar-refractivity contribution is -0.126. The van der Waals surface area contributed by atoms with Gasteiger partial charge in [-0.05, 0) is 32.1 Å². The topological polar surface area (TPSA) is 81.0 Å². The Morgan fingerprint density at radius 1 is 0.759 bits per heavy atom. The standard InChI is InChI=1S/C24H47NO4/c1-2-3-4-5-6-7-8-9-10-11-12-13-14-15-16-17-24(29)23(22-28)25(18-20-26)19-21-27/h9-10,23,26-28H,2-8,11-22H2,1H3/b10-9-. The molecule has 1 unspecified atom stereocenters. The highest BCUT2D eigenvalue weighted by molar-refractivity contribution is 5.84. The highest BCUT2D eigenvalue weighted by Gasteiger charge is 2.23. The van der Waals surface area contributed by atoms with Crippen LogP contribution in [0.25, 0.3) is 0 Å². The van der Waals surface area contributed by atoms with E-state index in [9.17, 15) is 9.90 Å². The van der Waals surface area contributed by atoms with Crippen LogP contribution in [0.4, 0.5) is 0 Å². The molecule has 0 aromatic rings. The quantitative estimate of drug-likeness (QED) is 0.183. The lowest BCUT2D eigenvalue weighted by Gasteiger charge is -2.28. The number of Topliss-reactive ketones (excluding diaryl/α,β-unsaturated/α-hetero) is 1. The van der Waals surface area contributed by atoms with Crippen molar-refractivity contribution < 1.29 is 20.1 Å². The third-order valence-electron chi connectivity index (χ3n) is 5.44. The fraction of sp³-hybridized carbons (Fsp3) is 0.875. The molecule has 0 bridgehead atoms. The first-order valence-electron chi connectivity index (χ1n) is 12.0. The summed E-state index contributed by atoms with van der Waals surface area (Å²) in [6.07, 6.45) is 21.0. The second-order valence-electron chi connectivity index (χ2n) is 7.98. The Balaban J connectivity index is 3.65. The Labute approximate surface area is 179 Å². The van der Waals surface area contributed by atoms with Crippen molar-refractivity contribution in [3.05, 3.63) is 12.2 Å². The fourth-order valence-electron chi connectivity index (χ4n) is 3.64. The van der Waals surface area contributed by atoms with E-state index in [1.54, 1.807) is 4.90 Å². The van der Waals surface area contributed by atoms with Crippen LogP contribution in [0.2, 0.25) is 0 Å². The molecule has 172 valence electrons. The zero-order chi connectivity index (χ0) is 21.6. The van der Waals surface area contributed by atoms with Crippen molar-refractivity contribution in [2.24, 2.45) is 0 Å². The second kappa shape index (κ2) is 21.9. The van der Waals surface area contributed by atoms with Gasteiger partial charge in [-0.25, -0.2) is 0 Å². The number of rotatable bonds is 22. The molecule has 29 heavy (non-hydrogen) atoms. The number of ketones is 1. The van der Waals surface area contributed by atoms with E-state index in [-0.39, 0.29) is 25.6 Å². The number of unbranched alkanes of at least 4 members (excludes halogenated alkanes) is 11. The molecule has 0 saturated heterocycles. The van der Waals surface area contributed by atoms with E-state index in [1.807, 2.05) is 0 Å². The first kappa shape index (κ1) is 28.2. The van der Waals surface area contributed by atoms with Crippen molar-refractivity contribution >= 4 is 5.78 Å². The summed E-state index contributed by atoms with van der Waals surface area (Å²) in [6, 6.07) is -0.605. The number of allylic oxidation sites excluding steroid dienone is 2. The average molecular weight is 414 g/mol. The van der Waals surface area contributed by atoms with Crippen molar-refractivity contribution in [1.29, 1.82) is 0 Å². The van der Waals surface area contributed by atoms with Crippen molar-refractivity contribution in [2.45, 2.75) is 103 Å². The molecule has 0 aliphatic carbocycles. The van der Waals surface area contributed by atoms with Crippen LogP contribution in [-0.2, 0) is 4.79 Å². The van der Waals surface area contributed by atoms with Crippen molar-refractivity contribution in [3.8, 4) is 0 Å². The van der Waals surface area contributed by atoms with E-state index < -0.39 is 6.04 Å². The lowest BCUT2D eigenvalue weighted by atomic mass is 10.0. The number of aliphatic hydroxyl groups is 3. The van der Waals surface area contributed by atoms with Gasteiger partial charge in [0.1, 0.15) is 0 Å². The molecule has 0 fully saturated rings. The summed E-state index contributed by atoms with van der Waals surface area (Å²) >= 11 is 0.